The molecule has 0 saturated carbocycles. The summed E-state index contributed by atoms with van der Waals surface area (Å²) in [7, 11) is 0. The van der Waals surface area contributed by atoms with Crippen molar-refractivity contribution in [1.82, 2.24) is 4.98 Å². The Kier molecular flexibility index (Phi) is 3.57. The Morgan fingerprint density at radius 2 is 2.05 bits per heavy atom. The third kappa shape index (κ3) is 2.82. The predicted octanol–water partition coefficient (Wildman–Crippen LogP) is 5.02. The number of hydrogen-bond acceptors (Lipinski definition) is 3. The smallest absolute Gasteiger partial charge is 0.257 e. The fourth-order valence-electron chi connectivity index (χ4n) is 1.69. The maximum atomic E-state index is 13.7. The molecule has 1 aromatic heterocycles. The topological polar surface area (TPSA) is 26.0 Å². The number of thioether (sulfide) groups is 1. The fraction of sp³-hybridized carbons (Fsp3) is 0.0714. The molecule has 0 radical (unpaired) electrons. The van der Waals surface area contributed by atoms with Crippen molar-refractivity contribution in [3.63, 3.8) is 0 Å². The summed E-state index contributed by atoms with van der Waals surface area (Å²) >= 11 is 4.62. The zero-order valence-electron chi connectivity index (χ0n) is 9.77. The van der Waals surface area contributed by atoms with E-state index in [9.17, 15) is 4.39 Å². The van der Waals surface area contributed by atoms with Gasteiger partial charge in [-0.25, -0.2) is 9.37 Å². The minimum atomic E-state index is -0.224. The van der Waals surface area contributed by atoms with E-state index in [1.54, 1.807) is 6.07 Å². The number of halogens is 2. The van der Waals surface area contributed by atoms with Gasteiger partial charge in [-0.2, -0.15) is 0 Å². The Morgan fingerprint density at radius 1 is 1.21 bits per heavy atom. The lowest BCUT2D eigenvalue weighted by Crippen LogP contribution is -1.87. The van der Waals surface area contributed by atoms with Gasteiger partial charge in [-0.05, 0) is 29.8 Å². The summed E-state index contributed by atoms with van der Waals surface area (Å²) in [6, 6.07) is 12.6. The predicted molar refractivity (Wildman–Crippen MR) is 77.7 cm³/mol. The van der Waals surface area contributed by atoms with Crippen LogP contribution in [0, 0.1) is 5.82 Å². The summed E-state index contributed by atoms with van der Waals surface area (Å²) < 4.78 is 20.0. The van der Waals surface area contributed by atoms with Crippen molar-refractivity contribution >= 4 is 38.8 Å². The molecule has 0 amide bonds. The molecule has 0 unspecified atom stereocenters. The highest BCUT2D eigenvalue weighted by Gasteiger charge is 2.08. The van der Waals surface area contributed by atoms with Crippen LogP contribution in [0.15, 0.2) is 56.6 Å². The second kappa shape index (κ2) is 5.35. The molecule has 0 atom stereocenters. The Labute approximate surface area is 122 Å². The molecule has 0 spiro atoms. The van der Waals surface area contributed by atoms with Crippen molar-refractivity contribution in [3.8, 4) is 0 Å². The van der Waals surface area contributed by atoms with E-state index in [4.69, 9.17) is 4.42 Å². The number of para-hydroxylation sites is 2. The van der Waals surface area contributed by atoms with E-state index in [-0.39, 0.29) is 5.82 Å². The molecule has 0 bridgehead atoms. The van der Waals surface area contributed by atoms with Crippen LogP contribution in [0.25, 0.3) is 11.1 Å². The van der Waals surface area contributed by atoms with Gasteiger partial charge < -0.3 is 4.42 Å². The zero-order valence-corrected chi connectivity index (χ0v) is 12.2. The fourth-order valence-corrected chi connectivity index (χ4v) is 2.85. The second-order valence-corrected chi connectivity index (χ2v) is 5.81. The van der Waals surface area contributed by atoms with Crippen molar-refractivity contribution in [1.29, 1.82) is 0 Å². The van der Waals surface area contributed by atoms with E-state index in [1.165, 1.54) is 17.8 Å². The number of hydrogen-bond donors (Lipinski definition) is 0. The van der Waals surface area contributed by atoms with Crippen LogP contribution in [0.2, 0.25) is 0 Å². The largest absolute Gasteiger partial charge is 0.431 e. The van der Waals surface area contributed by atoms with E-state index in [2.05, 4.69) is 20.9 Å². The molecule has 2 aromatic carbocycles. The van der Waals surface area contributed by atoms with Gasteiger partial charge in [0.1, 0.15) is 11.3 Å². The monoisotopic (exact) mass is 337 g/mol. The first-order chi connectivity index (χ1) is 9.22. The maximum absolute atomic E-state index is 13.7. The summed E-state index contributed by atoms with van der Waals surface area (Å²) in [6.45, 7) is 0. The standard InChI is InChI=1S/C14H9BrFNOS/c15-10-6-5-9(11(16)7-10)8-19-14-17-12-3-1-2-4-13(12)18-14/h1-7H,8H2. The van der Waals surface area contributed by atoms with Gasteiger partial charge in [0.15, 0.2) is 5.58 Å². The van der Waals surface area contributed by atoms with Crippen LogP contribution in [0.1, 0.15) is 5.56 Å². The summed E-state index contributed by atoms with van der Waals surface area (Å²) in [5.74, 6) is 0.268. The number of nitrogens with zero attached hydrogens (tertiary/aromatic N) is 1. The third-order valence-electron chi connectivity index (χ3n) is 2.64. The first kappa shape index (κ1) is 12.7. The SMILES string of the molecule is Fc1cc(Br)ccc1CSc1nc2ccccc2o1. The van der Waals surface area contributed by atoms with Crippen molar-refractivity contribution in [2.45, 2.75) is 11.0 Å². The Bertz CT molecular complexity index is 695. The molecule has 0 fully saturated rings. The molecule has 0 aliphatic carbocycles. The summed E-state index contributed by atoms with van der Waals surface area (Å²) in [5.41, 5.74) is 2.21. The average molecular weight is 338 g/mol. The lowest BCUT2D eigenvalue weighted by atomic mass is 10.2. The summed E-state index contributed by atoms with van der Waals surface area (Å²) in [6.07, 6.45) is 0. The maximum Gasteiger partial charge on any atom is 0.257 e. The number of aromatic nitrogens is 1. The molecule has 3 rings (SSSR count). The molecular formula is C14H9BrFNOS. The lowest BCUT2D eigenvalue weighted by molar-refractivity contribution is 0.489. The molecule has 3 aromatic rings. The molecule has 96 valence electrons. The molecule has 0 saturated heterocycles. The first-order valence-electron chi connectivity index (χ1n) is 5.65. The minimum absolute atomic E-state index is 0.224. The first-order valence-corrected chi connectivity index (χ1v) is 7.42. The van der Waals surface area contributed by atoms with Crippen LogP contribution >= 0.6 is 27.7 Å². The minimum Gasteiger partial charge on any atom is -0.431 e. The molecule has 19 heavy (non-hydrogen) atoms. The molecule has 0 aliphatic rings. The van der Waals surface area contributed by atoms with Gasteiger partial charge in [-0.3, -0.25) is 0 Å². The Hall–Kier alpha value is -1.33. The van der Waals surface area contributed by atoms with E-state index in [0.717, 1.165) is 15.6 Å². The second-order valence-electron chi connectivity index (χ2n) is 3.97. The molecule has 1 heterocycles. The van der Waals surface area contributed by atoms with Gasteiger partial charge in [0.25, 0.3) is 5.22 Å². The summed E-state index contributed by atoms with van der Waals surface area (Å²) in [5, 5.41) is 0.559. The van der Waals surface area contributed by atoms with E-state index >= 15 is 0 Å². The van der Waals surface area contributed by atoms with Gasteiger partial charge in [0.05, 0.1) is 0 Å². The summed E-state index contributed by atoms with van der Waals surface area (Å²) in [4.78, 5) is 4.34. The van der Waals surface area contributed by atoms with E-state index < -0.39 is 0 Å². The van der Waals surface area contributed by atoms with Gasteiger partial charge in [0, 0.05) is 10.2 Å². The van der Waals surface area contributed by atoms with Crippen LogP contribution in [0.3, 0.4) is 0 Å². The highest BCUT2D eigenvalue weighted by atomic mass is 79.9. The van der Waals surface area contributed by atoms with Crippen LogP contribution in [0.4, 0.5) is 4.39 Å². The van der Waals surface area contributed by atoms with Gasteiger partial charge >= 0.3 is 0 Å². The van der Waals surface area contributed by atoms with Crippen LogP contribution in [-0.2, 0) is 5.75 Å². The molecule has 0 aliphatic heterocycles. The molecular weight excluding hydrogens is 329 g/mol. The number of benzene rings is 2. The van der Waals surface area contributed by atoms with Crippen LogP contribution < -0.4 is 0 Å². The number of oxazole rings is 1. The van der Waals surface area contributed by atoms with Crippen molar-refractivity contribution in [2.24, 2.45) is 0 Å². The lowest BCUT2D eigenvalue weighted by Gasteiger charge is -2.01. The third-order valence-corrected chi connectivity index (χ3v) is 4.01. The van der Waals surface area contributed by atoms with Gasteiger partial charge in [0.2, 0.25) is 0 Å². The van der Waals surface area contributed by atoms with Crippen LogP contribution in [-0.4, -0.2) is 4.98 Å². The normalized spacial score (nSPS) is 11.1. The van der Waals surface area contributed by atoms with E-state index in [1.807, 2.05) is 30.3 Å². The van der Waals surface area contributed by atoms with E-state index in [0.29, 0.717) is 16.5 Å². The van der Waals surface area contributed by atoms with Crippen molar-refractivity contribution in [2.75, 3.05) is 0 Å². The molecule has 0 N–H and O–H groups in total. The van der Waals surface area contributed by atoms with Crippen LogP contribution in [0.5, 0.6) is 0 Å². The molecule has 2 nitrogen and oxygen atoms in total. The Balaban J connectivity index is 1.78. The Morgan fingerprint density at radius 3 is 2.84 bits per heavy atom. The number of rotatable bonds is 3. The highest BCUT2D eigenvalue weighted by Crippen LogP contribution is 2.27. The van der Waals surface area contributed by atoms with Crippen molar-refractivity contribution < 1.29 is 8.81 Å². The quantitative estimate of drug-likeness (QED) is 0.627. The van der Waals surface area contributed by atoms with Gasteiger partial charge in [-0.15, -0.1) is 0 Å². The van der Waals surface area contributed by atoms with Gasteiger partial charge in [-0.1, -0.05) is 45.9 Å². The number of fused-ring (bicyclic) bond motifs is 1. The highest BCUT2D eigenvalue weighted by molar-refractivity contribution is 9.10. The zero-order chi connectivity index (χ0) is 13.2. The molecule has 5 heteroatoms. The van der Waals surface area contributed by atoms with Crippen molar-refractivity contribution in [3.05, 3.63) is 58.3 Å². The average Bonchev–Trinajstić information content (AvgIpc) is 2.80.